The van der Waals surface area contributed by atoms with Crippen LogP contribution in [0.25, 0.3) is 5.69 Å². The predicted octanol–water partition coefficient (Wildman–Crippen LogP) is 2.27. The van der Waals surface area contributed by atoms with E-state index in [2.05, 4.69) is 39.6 Å². The number of nitrogens with zero attached hydrogens (tertiary/aromatic N) is 4. The maximum absolute atomic E-state index is 11.7. The van der Waals surface area contributed by atoms with Crippen LogP contribution in [0.5, 0.6) is 0 Å². The van der Waals surface area contributed by atoms with Gasteiger partial charge in [-0.05, 0) is 43.5 Å². The largest absolute Gasteiger partial charge is 0.449 e. The Hall–Kier alpha value is -2.54. The molecule has 0 radical (unpaired) electrons. The Labute approximate surface area is 159 Å². The molecule has 1 aromatic carbocycles. The number of rotatable bonds is 6. The molecule has 2 aliphatic heterocycles. The van der Waals surface area contributed by atoms with E-state index in [0.717, 1.165) is 57.7 Å². The SMILES string of the molecule is O=C1OCCCN1CCNC1CCN(c2cccc(-n3cccn3)c2)CC1. The Morgan fingerprint density at radius 2 is 2.00 bits per heavy atom. The molecule has 7 heteroatoms. The van der Waals surface area contributed by atoms with Crippen LogP contribution in [-0.4, -0.2) is 66.1 Å². The van der Waals surface area contributed by atoms with E-state index in [4.69, 9.17) is 4.74 Å². The number of amides is 1. The highest BCUT2D eigenvalue weighted by molar-refractivity contribution is 5.68. The lowest BCUT2D eigenvalue weighted by Gasteiger charge is -2.35. The summed E-state index contributed by atoms with van der Waals surface area (Å²) in [6.45, 7) is 4.99. The number of ether oxygens (including phenoxy) is 1. The lowest BCUT2D eigenvalue weighted by atomic mass is 10.0. The number of carbonyl (C=O) groups excluding carboxylic acids is 1. The van der Waals surface area contributed by atoms with Crippen molar-refractivity contribution in [2.24, 2.45) is 0 Å². The second-order valence-electron chi connectivity index (χ2n) is 7.14. The van der Waals surface area contributed by atoms with Crippen molar-refractivity contribution >= 4 is 11.8 Å². The standard InChI is InChI=1S/C20H27N5O2/c26-20-24(10-3-15-27-20)14-9-21-17-6-12-23(13-7-17)18-4-1-5-19(16-18)25-11-2-8-22-25/h1-2,4-5,8,11,16-17,21H,3,6-7,9-10,12-15H2. The van der Waals surface area contributed by atoms with Crippen molar-refractivity contribution in [2.75, 3.05) is 44.2 Å². The average Bonchev–Trinajstić information content (AvgIpc) is 3.25. The number of carbonyl (C=O) groups is 1. The molecule has 1 amide bonds. The maximum atomic E-state index is 11.7. The first kappa shape index (κ1) is 17.9. The first-order valence-electron chi connectivity index (χ1n) is 9.80. The van der Waals surface area contributed by atoms with Crippen LogP contribution in [0.4, 0.5) is 10.5 Å². The van der Waals surface area contributed by atoms with Gasteiger partial charge in [-0.3, -0.25) is 0 Å². The Balaban J connectivity index is 1.24. The number of benzene rings is 1. The molecule has 0 saturated carbocycles. The summed E-state index contributed by atoms with van der Waals surface area (Å²) < 4.78 is 6.97. The molecule has 0 unspecified atom stereocenters. The fourth-order valence-electron chi connectivity index (χ4n) is 3.80. The highest BCUT2D eigenvalue weighted by atomic mass is 16.6. The molecule has 2 fully saturated rings. The fraction of sp³-hybridized carbons (Fsp3) is 0.500. The van der Waals surface area contributed by atoms with Gasteiger partial charge in [-0.1, -0.05) is 6.07 Å². The normalized spacial score (nSPS) is 18.6. The number of hydrogen-bond donors (Lipinski definition) is 1. The number of nitrogens with one attached hydrogen (secondary N) is 1. The van der Waals surface area contributed by atoms with E-state index < -0.39 is 0 Å². The van der Waals surface area contributed by atoms with Gasteiger partial charge >= 0.3 is 6.09 Å². The molecule has 0 spiro atoms. The monoisotopic (exact) mass is 369 g/mol. The van der Waals surface area contributed by atoms with Gasteiger partial charge in [0.15, 0.2) is 0 Å². The van der Waals surface area contributed by atoms with Crippen LogP contribution in [0.3, 0.4) is 0 Å². The zero-order valence-corrected chi connectivity index (χ0v) is 15.6. The van der Waals surface area contributed by atoms with E-state index in [1.54, 1.807) is 11.1 Å². The number of hydrogen-bond acceptors (Lipinski definition) is 5. The van der Waals surface area contributed by atoms with Crippen LogP contribution < -0.4 is 10.2 Å². The number of anilines is 1. The Bertz CT molecular complexity index is 741. The highest BCUT2D eigenvalue weighted by Gasteiger charge is 2.21. The minimum atomic E-state index is -0.171. The molecule has 0 bridgehead atoms. The summed E-state index contributed by atoms with van der Waals surface area (Å²) in [5.41, 5.74) is 2.34. The van der Waals surface area contributed by atoms with Crippen LogP contribution >= 0.6 is 0 Å². The summed E-state index contributed by atoms with van der Waals surface area (Å²) in [6.07, 6.45) is 6.74. The molecule has 1 N–H and O–H groups in total. The third-order valence-corrected chi connectivity index (χ3v) is 5.33. The molecule has 2 aliphatic rings. The van der Waals surface area contributed by atoms with Crippen molar-refractivity contribution < 1.29 is 9.53 Å². The fourth-order valence-corrected chi connectivity index (χ4v) is 3.80. The minimum absolute atomic E-state index is 0.171. The van der Waals surface area contributed by atoms with Crippen LogP contribution in [0.2, 0.25) is 0 Å². The zero-order valence-electron chi connectivity index (χ0n) is 15.6. The quantitative estimate of drug-likeness (QED) is 0.846. The van der Waals surface area contributed by atoms with E-state index >= 15 is 0 Å². The molecule has 1 aromatic heterocycles. The second kappa shape index (κ2) is 8.43. The van der Waals surface area contributed by atoms with E-state index in [1.165, 1.54) is 5.69 Å². The first-order valence-corrected chi connectivity index (χ1v) is 9.80. The molecule has 0 atom stereocenters. The summed E-state index contributed by atoms with van der Waals surface area (Å²) in [4.78, 5) is 15.9. The van der Waals surface area contributed by atoms with Crippen molar-refractivity contribution in [1.29, 1.82) is 0 Å². The lowest BCUT2D eigenvalue weighted by molar-refractivity contribution is 0.0729. The van der Waals surface area contributed by atoms with Gasteiger partial charge in [0.05, 0.1) is 12.3 Å². The lowest BCUT2D eigenvalue weighted by Crippen LogP contribution is -2.46. The molecule has 2 saturated heterocycles. The minimum Gasteiger partial charge on any atom is -0.449 e. The summed E-state index contributed by atoms with van der Waals surface area (Å²) >= 11 is 0. The van der Waals surface area contributed by atoms with Crippen molar-refractivity contribution in [1.82, 2.24) is 20.0 Å². The number of aromatic nitrogens is 2. The molecule has 3 heterocycles. The van der Waals surface area contributed by atoms with Crippen LogP contribution in [0.15, 0.2) is 42.7 Å². The third kappa shape index (κ3) is 4.42. The van der Waals surface area contributed by atoms with E-state index in [9.17, 15) is 4.79 Å². The smallest absolute Gasteiger partial charge is 0.409 e. The summed E-state index contributed by atoms with van der Waals surface area (Å²) in [6, 6.07) is 11.0. The molecular weight excluding hydrogens is 342 g/mol. The van der Waals surface area contributed by atoms with Crippen molar-refractivity contribution in [3.8, 4) is 5.69 Å². The zero-order chi connectivity index (χ0) is 18.5. The molecule has 144 valence electrons. The van der Waals surface area contributed by atoms with Gasteiger partial charge in [0.2, 0.25) is 0 Å². The predicted molar refractivity (Wildman–Crippen MR) is 104 cm³/mol. The first-order chi connectivity index (χ1) is 13.3. The van der Waals surface area contributed by atoms with E-state index in [0.29, 0.717) is 12.6 Å². The number of cyclic esters (lactones) is 1. The van der Waals surface area contributed by atoms with Crippen molar-refractivity contribution in [3.63, 3.8) is 0 Å². The molecule has 2 aromatic rings. The molecular formula is C20H27N5O2. The van der Waals surface area contributed by atoms with E-state index in [-0.39, 0.29) is 6.09 Å². The molecule has 7 nitrogen and oxygen atoms in total. The van der Waals surface area contributed by atoms with Crippen LogP contribution in [0, 0.1) is 0 Å². The Morgan fingerprint density at radius 3 is 2.78 bits per heavy atom. The summed E-state index contributed by atoms with van der Waals surface area (Å²) in [7, 11) is 0. The Morgan fingerprint density at radius 1 is 1.15 bits per heavy atom. The second-order valence-corrected chi connectivity index (χ2v) is 7.14. The van der Waals surface area contributed by atoms with Crippen molar-refractivity contribution in [3.05, 3.63) is 42.7 Å². The van der Waals surface area contributed by atoms with Gasteiger partial charge in [0, 0.05) is 56.8 Å². The third-order valence-electron chi connectivity index (χ3n) is 5.33. The van der Waals surface area contributed by atoms with Gasteiger partial charge in [-0.2, -0.15) is 5.10 Å². The summed E-state index contributed by atoms with van der Waals surface area (Å²) in [5.74, 6) is 0. The van der Waals surface area contributed by atoms with Crippen LogP contribution in [-0.2, 0) is 4.74 Å². The number of piperidine rings is 1. The summed E-state index contributed by atoms with van der Waals surface area (Å²) in [5, 5.41) is 7.92. The molecule has 4 rings (SSSR count). The van der Waals surface area contributed by atoms with Crippen molar-refractivity contribution in [2.45, 2.75) is 25.3 Å². The topological polar surface area (TPSA) is 62.6 Å². The average molecular weight is 369 g/mol. The van der Waals surface area contributed by atoms with Gasteiger partial charge < -0.3 is 19.9 Å². The van der Waals surface area contributed by atoms with Gasteiger partial charge in [0.1, 0.15) is 0 Å². The Kier molecular flexibility index (Phi) is 5.58. The van der Waals surface area contributed by atoms with Gasteiger partial charge in [-0.25, -0.2) is 9.48 Å². The highest BCUT2D eigenvalue weighted by Crippen LogP contribution is 2.22. The maximum Gasteiger partial charge on any atom is 0.409 e. The van der Waals surface area contributed by atoms with E-state index in [1.807, 2.05) is 16.9 Å². The van der Waals surface area contributed by atoms with Gasteiger partial charge in [0.25, 0.3) is 0 Å². The molecule has 0 aliphatic carbocycles. The van der Waals surface area contributed by atoms with Gasteiger partial charge in [-0.15, -0.1) is 0 Å². The molecule has 27 heavy (non-hydrogen) atoms. The van der Waals surface area contributed by atoms with Crippen LogP contribution in [0.1, 0.15) is 19.3 Å².